The van der Waals surface area contributed by atoms with Crippen LogP contribution >= 0.6 is 0 Å². The molecule has 0 radical (unpaired) electrons. The fraction of sp³-hybridized carbons (Fsp3) is 0.278. The number of amidine groups is 1. The molecular formula is C18H20N4O2. The molecule has 1 atom stereocenters. The summed E-state index contributed by atoms with van der Waals surface area (Å²) in [5.41, 5.74) is 0.737. The Morgan fingerprint density at radius 2 is 1.96 bits per heavy atom. The lowest BCUT2D eigenvalue weighted by Gasteiger charge is -2.41. The molecule has 124 valence electrons. The van der Waals surface area contributed by atoms with Crippen LogP contribution in [0, 0.1) is 0 Å². The predicted molar refractivity (Wildman–Crippen MR) is 95.0 cm³/mol. The molecule has 1 N–H and O–H groups in total. The van der Waals surface area contributed by atoms with E-state index >= 15 is 0 Å². The van der Waals surface area contributed by atoms with Gasteiger partial charge in [-0.2, -0.15) is 4.99 Å². The molecule has 0 bridgehead atoms. The molecule has 24 heavy (non-hydrogen) atoms. The smallest absolute Gasteiger partial charge is 0.250 e. The first-order chi connectivity index (χ1) is 11.4. The Hall–Kier alpha value is -2.89. The number of carbonyl (C=O) groups excluding carboxylic acids is 2. The lowest BCUT2D eigenvalue weighted by atomic mass is 9.91. The van der Waals surface area contributed by atoms with Crippen LogP contribution in [0.15, 0.2) is 53.7 Å². The van der Waals surface area contributed by atoms with E-state index in [1.165, 1.54) is 0 Å². The Bertz CT molecular complexity index is 762. The first kappa shape index (κ1) is 16.0. The van der Waals surface area contributed by atoms with E-state index in [1.807, 2.05) is 49.3 Å². The average Bonchev–Trinajstić information content (AvgIpc) is 2.55. The van der Waals surface area contributed by atoms with Gasteiger partial charge in [0.2, 0.25) is 0 Å². The van der Waals surface area contributed by atoms with Crippen molar-refractivity contribution < 1.29 is 9.59 Å². The van der Waals surface area contributed by atoms with Crippen molar-refractivity contribution in [3.63, 3.8) is 0 Å². The number of allylic oxidation sites excluding steroid dienone is 2. The van der Waals surface area contributed by atoms with Crippen LogP contribution in [-0.2, 0) is 9.59 Å². The zero-order valence-corrected chi connectivity index (χ0v) is 14.0. The van der Waals surface area contributed by atoms with E-state index in [1.54, 1.807) is 30.2 Å². The highest BCUT2D eigenvalue weighted by Gasteiger charge is 2.45. The van der Waals surface area contributed by atoms with Gasteiger partial charge in [-0.05, 0) is 43.3 Å². The fourth-order valence-electron chi connectivity index (χ4n) is 2.79. The Kier molecular flexibility index (Phi) is 3.97. The number of nitrogens with zero attached hydrogens (tertiary/aromatic N) is 3. The molecule has 1 aromatic carbocycles. The van der Waals surface area contributed by atoms with Gasteiger partial charge in [-0.1, -0.05) is 6.08 Å². The van der Waals surface area contributed by atoms with Gasteiger partial charge in [0.15, 0.2) is 0 Å². The molecule has 2 amide bonds. The highest BCUT2D eigenvalue weighted by molar-refractivity contribution is 6.11. The van der Waals surface area contributed by atoms with Gasteiger partial charge < -0.3 is 15.1 Å². The molecule has 0 saturated carbocycles. The molecular weight excluding hydrogens is 304 g/mol. The Labute approximate surface area is 141 Å². The Balaban J connectivity index is 1.83. The van der Waals surface area contributed by atoms with Crippen LogP contribution in [0.1, 0.15) is 13.3 Å². The second kappa shape index (κ2) is 5.96. The highest BCUT2D eigenvalue weighted by atomic mass is 16.2. The Morgan fingerprint density at radius 1 is 1.25 bits per heavy atom. The summed E-state index contributed by atoms with van der Waals surface area (Å²) in [5, 5.41) is 2.91. The Morgan fingerprint density at radius 3 is 2.62 bits per heavy atom. The number of fused-ring (bicyclic) bond motifs is 1. The van der Waals surface area contributed by atoms with E-state index in [2.05, 4.69) is 10.3 Å². The third kappa shape index (κ3) is 2.82. The van der Waals surface area contributed by atoms with Gasteiger partial charge in [0.05, 0.1) is 6.42 Å². The number of hydrogen-bond acceptors (Lipinski definition) is 4. The lowest BCUT2D eigenvalue weighted by molar-refractivity contribution is -0.130. The number of aliphatic imine (C=N–C) groups is 1. The largest absolute Gasteiger partial charge is 0.378 e. The minimum atomic E-state index is -1.00. The molecule has 0 aromatic heterocycles. The summed E-state index contributed by atoms with van der Waals surface area (Å²) < 4.78 is 0. The van der Waals surface area contributed by atoms with Gasteiger partial charge in [0.25, 0.3) is 11.8 Å². The summed E-state index contributed by atoms with van der Waals surface area (Å²) in [6.45, 7) is 1.76. The topological polar surface area (TPSA) is 65.0 Å². The van der Waals surface area contributed by atoms with Gasteiger partial charge in [0, 0.05) is 31.7 Å². The molecule has 1 aromatic rings. The number of rotatable bonds is 3. The first-order valence-corrected chi connectivity index (χ1v) is 7.75. The highest BCUT2D eigenvalue weighted by Crippen LogP contribution is 2.29. The van der Waals surface area contributed by atoms with Crippen molar-refractivity contribution >= 4 is 29.0 Å². The van der Waals surface area contributed by atoms with Crippen LogP contribution in [0.2, 0.25) is 0 Å². The quantitative estimate of drug-likeness (QED) is 0.925. The summed E-state index contributed by atoms with van der Waals surface area (Å²) >= 11 is 0. The van der Waals surface area contributed by atoms with E-state index in [0.29, 0.717) is 11.5 Å². The normalized spacial score (nSPS) is 22.0. The predicted octanol–water partition coefficient (Wildman–Crippen LogP) is 2.16. The summed E-state index contributed by atoms with van der Waals surface area (Å²) in [4.78, 5) is 32.6. The molecule has 1 unspecified atom stereocenters. The first-order valence-electron chi connectivity index (χ1n) is 7.75. The van der Waals surface area contributed by atoms with Crippen LogP contribution in [0.5, 0.6) is 0 Å². The second-order valence-corrected chi connectivity index (χ2v) is 6.28. The maximum Gasteiger partial charge on any atom is 0.250 e. The van der Waals surface area contributed by atoms with Crippen LogP contribution in [0.4, 0.5) is 11.4 Å². The van der Waals surface area contributed by atoms with Gasteiger partial charge in [-0.25, -0.2) is 0 Å². The SMILES string of the molecule is CN(C)c1ccc(NC(=O)C2(C)CC(=O)N=C3C=CC=CN32)cc1. The number of carbonyl (C=O) groups is 2. The van der Waals surface area contributed by atoms with Crippen LogP contribution < -0.4 is 10.2 Å². The lowest BCUT2D eigenvalue weighted by Crippen LogP contribution is -2.58. The minimum Gasteiger partial charge on any atom is -0.378 e. The van der Waals surface area contributed by atoms with Gasteiger partial charge >= 0.3 is 0 Å². The fourth-order valence-corrected chi connectivity index (χ4v) is 2.79. The van der Waals surface area contributed by atoms with Crippen molar-refractivity contribution in [1.29, 1.82) is 0 Å². The van der Waals surface area contributed by atoms with E-state index in [4.69, 9.17) is 0 Å². The summed E-state index contributed by atoms with van der Waals surface area (Å²) in [6.07, 6.45) is 7.17. The van der Waals surface area contributed by atoms with Crippen molar-refractivity contribution in [2.45, 2.75) is 18.9 Å². The molecule has 2 aliphatic rings. The van der Waals surface area contributed by atoms with Crippen LogP contribution in [0.25, 0.3) is 0 Å². The monoisotopic (exact) mass is 324 g/mol. The average molecular weight is 324 g/mol. The van der Waals surface area contributed by atoms with Crippen LogP contribution in [-0.4, -0.2) is 42.2 Å². The van der Waals surface area contributed by atoms with Gasteiger partial charge in [-0.3, -0.25) is 9.59 Å². The number of benzene rings is 1. The summed E-state index contributed by atoms with van der Waals surface area (Å²) in [5.74, 6) is -0.0306. The summed E-state index contributed by atoms with van der Waals surface area (Å²) in [7, 11) is 3.92. The molecule has 0 spiro atoms. The maximum atomic E-state index is 12.9. The number of nitrogens with one attached hydrogen (secondary N) is 1. The number of hydrogen-bond donors (Lipinski definition) is 1. The number of anilines is 2. The molecule has 3 rings (SSSR count). The van der Waals surface area contributed by atoms with E-state index in [0.717, 1.165) is 5.69 Å². The van der Waals surface area contributed by atoms with E-state index < -0.39 is 5.54 Å². The molecule has 6 heteroatoms. The standard InChI is InChI=1S/C18H20N4O2/c1-18(12-16(23)20-15-6-4-5-11-22(15)18)17(24)19-13-7-9-14(10-8-13)21(2)3/h4-11H,12H2,1-3H3,(H,19,24). The third-order valence-corrected chi connectivity index (χ3v) is 4.24. The van der Waals surface area contributed by atoms with Crippen molar-refractivity contribution in [2.75, 3.05) is 24.3 Å². The van der Waals surface area contributed by atoms with Crippen molar-refractivity contribution in [3.05, 3.63) is 48.7 Å². The molecule has 2 heterocycles. The van der Waals surface area contributed by atoms with E-state index in [9.17, 15) is 9.59 Å². The zero-order chi connectivity index (χ0) is 17.3. The second-order valence-electron chi connectivity index (χ2n) is 6.28. The third-order valence-electron chi connectivity index (χ3n) is 4.24. The van der Waals surface area contributed by atoms with Gasteiger partial charge in [-0.15, -0.1) is 0 Å². The number of amides is 2. The molecule has 0 saturated heterocycles. The zero-order valence-electron chi connectivity index (χ0n) is 14.0. The summed E-state index contributed by atoms with van der Waals surface area (Å²) in [6, 6.07) is 7.56. The van der Waals surface area contributed by atoms with Gasteiger partial charge in [0.1, 0.15) is 11.4 Å². The minimum absolute atomic E-state index is 0.0380. The van der Waals surface area contributed by atoms with E-state index in [-0.39, 0.29) is 18.2 Å². The molecule has 6 nitrogen and oxygen atoms in total. The van der Waals surface area contributed by atoms with Crippen molar-refractivity contribution in [1.82, 2.24) is 4.90 Å². The van der Waals surface area contributed by atoms with Crippen molar-refractivity contribution in [3.8, 4) is 0 Å². The van der Waals surface area contributed by atoms with Crippen molar-refractivity contribution in [2.24, 2.45) is 4.99 Å². The van der Waals surface area contributed by atoms with Crippen LogP contribution in [0.3, 0.4) is 0 Å². The molecule has 0 fully saturated rings. The molecule has 0 aliphatic carbocycles. The molecule has 2 aliphatic heterocycles. The maximum absolute atomic E-state index is 12.9.